The van der Waals surface area contributed by atoms with E-state index in [1.54, 1.807) is 23.2 Å². The summed E-state index contributed by atoms with van der Waals surface area (Å²) in [6.45, 7) is 8.30. The van der Waals surface area contributed by atoms with E-state index >= 15 is 8.78 Å². The highest BCUT2D eigenvalue weighted by Gasteiger charge is 2.41. The van der Waals surface area contributed by atoms with Crippen molar-refractivity contribution in [1.82, 2.24) is 9.55 Å². The summed E-state index contributed by atoms with van der Waals surface area (Å²) < 4.78 is 35.4. The lowest BCUT2D eigenvalue weighted by molar-refractivity contribution is -0.119. The molecule has 1 N–H and O–H groups in total. The Balaban J connectivity index is 0.00000198. The summed E-state index contributed by atoms with van der Waals surface area (Å²) in [5.74, 6) is -2.27. The summed E-state index contributed by atoms with van der Waals surface area (Å²) in [6.07, 6.45) is 3.93. The first-order valence-electron chi connectivity index (χ1n) is 14.5. The van der Waals surface area contributed by atoms with Crippen molar-refractivity contribution in [2.45, 2.75) is 70.6 Å². The molecule has 8 heteroatoms. The number of rotatable bonds is 9. The van der Waals surface area contributed by atoms with E-state index in [2.05, 4.69) is 9.71 Å². The predicted octanol–water partition coefficient (Wildman–Crippen LogP) is 9.17. The maximum absolute atomic E-state index is 15.1. The van der Waals surface area contributed by atoms with Crippen molar-refractivity contribution in [3.05, 3.63) is 113 Å². The molecule has 0 saturated carbocycles. The summed E-state index contributed by atoms with van der Waals surface area (Å²) in [5, 5.41) is -0.191. The van der Waals surface area contributed by atoms with Crippen molar-refractivity contribution in [2.24, 2.45) is 7.05 Å². The Bertz CT molecular complexity index is 1470. The molecule has 2 unspecified atom stereocenters. The normalized spacial score (nSPS) is 16.0. The number of aryl methyl sites for hydroxylation is 2. The number of carbonyl (C=O) groups excluding carboxylic acids is 1. The van der Waals surface area contributed by atoms with Gasteiger partial charge in [0.1, 0.15) is 5.82 Å². The Kier molecular flexibility index (Phi) is 10.4. The van der Waals surface area contributed by atoms with Crippen molar-refractivity contribution in [3.8, 4) is 0 Å². The Labute approximate surface area is 252 Å². The Hall–Kier alpha value is -3.65. The van der Waals surface area contributed by atoms with Crippen LogP contribution in [0.2, 0.25) is 0 Å². The van der Waals surface area contributed by atoms with Crippen LogP contribution in [0.1, 0.15) is 79.3 Å². The molecule has 0 bridgehead atoms. The average molecular weight is 591 g/mol. The zero-order valence-corrected chi connectivity index (χ0v) is 25.8. The highest BCUT2D eigenvalue weighted by molar-refractivity contribution is 8.00. The maximum atomic E-state index is 15.1. The second kappa shape index (κ2) is 14.0. The number of imidazole rings is 1. The minimum absolute atomic E-state index is 0.00126. The van der Waals surface area contributed by atoms with E-state index < -0.39 is 5.92 Å². The third-order valence-electron chi connectivity index (χ3n) is 7.52. The first-order valence-corrected chi connectivity index (χ1v) is 15.4. The quantitative estimate of drug-likeness (QED) is 0.198. The SMILES string of the molecule is CC.Cc1cccc(NSC2CCC(F)(F)c3ccc(N(Cc4nccn4C)C(=O)CC(C)c4ccccc4)cc32)c1. The maximum Gasteiger partial charge on any atom is 0.273 e. The van der Waals surface area contributed by atoms with Gasteiger partial charge in [-0.15, -0.1) is 0 Å². The van der Waals surface area contributed by atoms with Gasteiger partial charge < -0.3 is 14.2 Å². The molecule has 2 atom stereocenters. The first kappa shape index (κ1) is 31.3. The molecule has 5 rings (SSSR count). The van der Waals surface area contributed by atoms with Gasteiger partial charge in [0.05, 0.1) is 11.8 Å². The zero-order chi connectivity index (χ0) is 30.3. The summed E-state index contributed by atoms with van der Waals surface area (Å²) >= 11 is 1.44. The summed E-state index contributed by atoms with van der Waals surface area (Å²) in [7, 11) is 1.88. The van der Waals surface area contributed by atoms with Gasteiger partial charge in [-0.25, -0.2) is 13.8 Å². The molecular weight excluding hydrogens is 550 g/mol. The fourth-order valence-corrected chi connectivity index (χ4v) is 6.14. The molecule has 3 aromatic carbocycles. The van der Waals surface area contributed by atoms with Crippen molar-refractivity contribution in [2.75, 3.05) is 9.62 Å². The third kappa shape index (κ3) is 7.40. The van der Waals surface area contributed by atoms with Crippen LogP contribution >= 0.6 is 11.9 Å². The van der Waals surface area contributed by atoms with Crippen LogP contribution in [0.3, 0.4) is 0 Å². The number of anilines is 2. The molecule has 1 heterocycles. The second-order valence-corrected chi connectivity index (χ2v) is 11.6. The molecule has 1 aliphatic rings. The molecule has 1 amide bonds. The van der Waals surface area contributed by atoms with Gasteiger partial charge in [0.15, 0.2) is 0 Å². The molecule has 0 fully saturated rings. The van der Waals surface area contributed by atoms with E-state index in [1.165, 1.54) is 18.0 Å². The number of aromatic nitrogens is 2. The molecule has 0 radical (unpaired) electrons. The van der Waals surface area contributed by atoms with Crippen LogP contribution in [0.5, 0.6) is 0 Å². The van der Waals surface area contributed by atoms with Gasteiger partial charge in [-0.05, 0) is 72.2 Å². The molecular formula is C34H40F2N4OS. The predicted molar refractivity (Wildman–Crippen MR) is 170 cm³/mol. The molecule has 0 saturated heterocycles. The van der Waals surface area contributed by atoms with Gasteiger partial charge in [0.25, 0.3) is 5.92 Å². The smallest absolute Gasteiger partial charge is 0.273 e. The Morgan fingerprint density at radius 1 is 1.12 bits per heavy atom. The number of hydrogen-bond donors (Lipinski definition) is 1. The number of hydrogen-bond acceptors (Lipinski definition) is 4. The van der Waals surface area contributed by atoms with Crippen LogP contribution in [-0.4, -0.2) is 15.5 Å². The van der Waals surface area contributed by atoms with Gasteiger partial charge in [0, 0.05) is 49.2 Å². The van der Waals surface area contributed by atoms with Crippen LogP contribution in [-0.2, 0) is 24.3 Å². The molecule has 5 nitrogen and oxygen atoms in total. The van der Waals surface area contributed by atoms with E-state index in [0.29, 0.717) is 17.7 Å². The highest BCUT2D eigenvalue weighted by Crippen LogP contribution is 2.50. The van der Waals surface area contributed by atoms with Crippen molar-refractivity contribution < 1.29 is 13.6 Å². The standard InChI is InChI=1S/C32H34F2N4OS.C2H6/c1-22-8-7-11-25(18-22)36-40-29-14-15-32(33,34)28-13-12-26(20-27(28)29)38(21-30-35-16-17-37(30)3)31(39)19-23(2)24-9-5-4-6-10-24;1-2/h4-13,16-18,20,23,29,36H,14-15,19,21H2,1-3H3;1-2H3. The number of carbonyl (C=O) groups is 1. The van der Waals surface area contributed by atoms with Crippen LogP contribution in [0.15, 0.2) is 85.2 Å². The first-order chi connectivity index (χ1) is 20.2. The third-order valence-corrected chi connectivity index (χ3v) is 8.64. The van der Waals surface area contributed by atoms with E-state index in [9.17, 15) is 4.79 Å². The molecule has 0 aliphatic heterocycles. The minimum atomic E-state index is -2.91. The number of halogens is 2. The van der Waals surface area contributed by atoms with Crippen LogP contribution in [0.4, 0.5) is 20.2 Å². The fourth-order valence-electron chi connectivity index (χ4n) is 5.18. The number of alkyl halides is 2. The number of nitrogens with zero attached hydrogens (tertiary/aromatic N) is 3. The van der Waals surface area contributed by atoms with Crippen LogP contribution in [0.25, 0.3) is 0 Å². The van der Waals surface area contributed by atoms with E-state index in [4.69, 9.17) is 0 Å². The van der Waals surface area contributed by atoms with Crippen molar-refractivity contribution in [3.63, 3.8) is 0 Å². The zero-order valence-electron chi connectivity index (χ0n) is 25.0. The van der Waals surface area contributed by atoms with Crippen LogP contribution < -0.4 is 9.62 Å². The lowest BCUT2D eigenvalue weighted by atomic mass is 9.87. The number of nitrogens with one attached hydrogen (secondary N) is 1. The molecule has 42 heavy (non-hydrogen) atoms. The lowest BCUT2D eigenvalue weighted by Crippen LogP contribution is -2.33. The Morgan fingerprint density at radius 2 is 1.88 bits per heavy atom. The monoisotopic (exact) mass is 590 g/mol. The number of benzene rings is 3. The van der Waals surface area contributed by atoms with E-state index in [1.807, 2.05) is 100 Å². The molecule has 1 aromatic heterocycles. The molecule has 1 aliphatic carbocycles. The summed E-state index contributed by atoms with van der Waals surface area (Å²) in [5.41, 5.74) is 4.33. The van der Waals surface area contributed by atoms with Gasteiger partial charge in [0.2, 0.25) is 5.91 Å². The van der Waals surface area contributed by atoms with E-state index in [-0.39, 0.29) is 42.0 Å². The number of amides is 1. The largest absolute Gasteiger partial charge is 0.337 e. The molecule has 4 aromatic rings. The average Bonchev–Trinajstić information content (AvgIpc) is 3.40. The van der Waals surface area contributed by atoms with Crippen molar-refractivity contribution >= 4 is 29.2 Å². The lowest BCUT2D eigenvalue weighted by Gasteiger charge is -2.33. The van der Waals surface area contributed by atoms with E-state index in [0.717, 1.165) is 22.6 Å². The number of fused-ring (bicyclic) bond motifs is 1. The van der Waals surface area contributed by atoms with Gasteiger partial charge >= 0.3 is 0 Å². The topological polar surface area (TPSA) is 50.2 Å². The van der Waals surface area contributed by atoms with Crippen molar-refractivity contribution in [1.29, 1.82) is 0 Å². The van der Waals surface area contributed by atoms with Gasteiger partial charge in [-0.1, -0.05) is 69.3 Å². The minimum Gasteiger partial charge on any atom is -0.337 e. The van der Waals surface area contributed by atoms with Gasteiger partial charge in [-0.2, -0.15) is 0 Å². The molecule has 0 spiro atoms. The fraction of sp³-hybridized carbons (Fsp3) is 0.353. The van der Waals surface area contributed by atoms with Crippen LogP contribution in [0, 0.1) is 6.92 Å². The Morgan fingerprint density at radius 3 is 2.57 bits per heavy atom. The van der Waals surface area contributed by atoms with Gasteiger partial charge in [-0.3, -0.25) is 4.79 Å². The second-order valence-electron chi connectivity index (χ2n) is 10.5. The summed E-state index contributed by atoms with van der Waals surface area (Å²) in [6, 6.07) is 22.9. The highest BCUT2D eigenvalue weighted by atomic mass is 32.2. The molecule has 222 valence electrons. The summed E-state index contributed by atoms with van der Waals surface area (Å²) in [4.78, 5) is 19.9.